The van der Waals surface area contributed by atoms with E-state index in [2.05, 4.69) is 18.9 Å². The molecule has 9 atom stereocenters. The number of para-hydroxylation sites is 1. The van der Waals surface area contributed by atoms with Crippen molar-refractivity contribution < 1.29 is 150 Å². The van der Waals surface area contributed by atoms with E-state index in [9.17, 15) is 127 Å². The first kappa shape index (κ1) is 83.7. The normalized spacial score (nSPS) is 28.0. The zero-order valence-electron chi connectivity index (χ0n) is 52.4. The van der Waals surface area contributed by atoms with Gasteiger partial charge < -0.3 is 62.3 Å². The van der Waals surface area contributed by atoms with Gasteiger partial charge in [0.25, 0.3) is 0 Å². The maximum Gasteiger partial charge on any atom is 0.429 e. The molecular weight excluding hydrogens is 1400 g/mol. The van der Waals surface area contributed by atoms with Crippen LogP contribution in [-0.4, -0.2) is 181 Å². The van der Waals surface area contributed by atoms with Crippen molar-refractivity contribution in [2.75, 3.05) is 0 Å². The van der Waals surface area contributed by atoms with Gasteiger partial charge in [-0.15, -0.1) is 0 Å². The fourth-order valence-corrected chi connectivity index (χ4v) is 14.7. The van der Waals surface area contributed by atoms with E-state index in [4.69, 9.17) is 4.74 Å². The first-order valence-corrected chi connectivity index (χ1v) is 37.2. The number of hydrogen-bond acceptors (Lipinski definition) is 26. The largest absolute Gasteiger partial charge is 0.743 e. The standard InChI is InChI=1S/C9H12F2O5S.C8H10F2O6S.C8H10F2O5S2.C8H6F2O5S.4C6H12O/c10-9(11,17(13,14)15)8(12)16-7-4-5-1-2-6(7)3-5;9-8(10,17(12,13)14)7(11)16-6-3-4-1-2-5(6)15-4;9-8(10,17(12,13)14)7(11)15-5-3-4-1-2-6(5)16-4;9-8(10,16(12,13)14)7(11)15-6-4-2-1-3-5-6;4*1-6(7)4-2-3-5-6/h5-7H,1-4H2,(H,13,14,15);2*4-6H,1-3H2,(H,12,13,14);1-5H,(H,12,13,14);4*7H,2-5H2,1H3/p-4. The van der Waals surface area contributed by atoms with Crippen LogP contribution in [0, 0.1) is 11.8 Å². The Hall–Kier alpha value is -3.67. The van der Waals surface area contributed by atoms with E-state index < -0.39 is 110 Å². The molecule has 6 saturated carbocycles. The second-order valence-corrected chi connectivity index (χ2v) is 33.4. The third-order valence-corrected chi connectivity index (χ3v) is 22.3. The molecule has 0 amide bonds. The summed E-state index contributed by atoms with van der Waals surface area (Å²) in [4.78, 5) is 43.6. The van der Waals surface area contributed by atoms with Crippen molar-refractivity contribution in [2.24, 2.45) is 11.8 Å². The smallest absolute Gasteiger partial charge is 0.429 e. The van der Waals surface area contributed by atoms with Gasteiger partial charge in [0.2, 0.25) is 0 Å². The number of alkyl halides is 8. The summed E-state index contributed by atoms with van der Waals surface area (Å²) < 4.78 is 247. The molecule has 550 valence electrons. The van der Waals surface area contributed by atoms with E-state index in [0.29, 0.717) is 25.2 Å². The van der Waals surface area contributed by atoms with Gasteiger partial charge >= 0.3 is 44.9 Å². The molecule has 1 aromatic rings. The number of thioether (sulfide) groups is 1. The second-order valence-electron chi connectivity index (χ2n) is 26.1. The number of benzene rings is 1. The number of ether oxygens (including phenoxy) is 5. The van der Waals surface area contributed by atoms with Crippen molar-refractivity contribution in [3.8, 4) is 5.75 Å². The van der Waals surface area contributed by atoms with Crippen LogP contribution in [0.3, 0.4) is 0 Å². The molecule has 0 aromatic heterocycles. The van der Waals surface area contributed by atoms with Gasteiger partial charge in [0.05, 0.1) is 34.6 Å². The zero-order chi connectivity index (χ0) is 72.2. The van der Waals surface area contributed by atoms with Crippen molar-refractivity contribution in [2.45, 2.75) is 279 Å². The molecule has 9 unspecified atom stereocenters. The van der Waals surface area contributed by atoms with Gasteiger partial charge in [-0.25, -0.2) is 52.8 Å². The van der Waals surface area contributed by atoms with E-state index >= 15 is 0 Å². The fraction of sp³-hybridized carbons (Fsp3) is 0.825. The van der Waals surface area contributed by atoms with Crippen molar-refractivity contribution in [3.05, 3.63) is 30.3 Å². The lowest BCUT2D eigenvalue weighted by Crippen LogP contribution is -2.42. The van der Waals surface area contributed by atoms with Crippen LogP contribution in [0.1, 0.15) is 195 Å². The number of carbonyl (C=O) groups excluding carboxylic acids is 4. The van der Waals surface area contributed by atoms with Crippen LogP contribution in [0.5, 0.6) is 5.75 Å². The zero-order valence-corrected chi connectivity index (χ0v) is 56.5. The molecule has 4 aliphatic heterocycles. The second kappa shape index (κ2) is 33.2. The van der Waals surface area contributed by atoms with Gasteiger partial charge in [-0.1, -0.05) is 69.6 Å². The summed E-state index contributed by atoms with van der Waals surface area (Å²) in [6.07, 6.45) is 21.7. The summed E-state index contributed by atoms with van der Waals surface area (Å²) in [5.74, 6) is -9.15. The Labute approximate surface area is 550 Å². The Balaban J connectivity index is 0.000000238. The third-order valence-electron chi connectivity index (χ3n) is 17.4. The molecule has 4 N–H and O–H groups in total. The molecule has 0 radical (unpaired) electrons. The first-order chi connectivity index (χ1) is 43.2. The SMILES string of the molecule is CC1(O)CCCC1.CC1(O)CCCC1.CC1(O)CCCC1.CC1(O)CCCC1.O=C(OC1CC2CCC1C2)C(F)(F)S(=O)(=O)[O-].O=C(OC1CC2CCC1O2)C(F)(F)S(=O)(=O)[O-].O=C(OC1CC2CCC1S2)C(F)(F)S(=O)(=O)[O-].O=C(Oc1ccccc1)C(F)(F)S(=O)(=O)[O-]. The van der Waals surface area contributed by atoms with E-state index in [0.717, 1.165) is 102 Å². The highest BCUT2D eigenvalue weighted by Crippen LogP contribution is 2.48. The number of esters is 4. The first-order valence-electron chi connectivity index (χ1n) is 30.7. The predicted molar refractivity (Wildman–Crippen MR) is 314 cm³/mol. The van der Waals surface area contributed by atoms with Crippen LogP contribution in [0.25, 0.3) is 0 Å². The molecule has 11 rings (SSSR count). The van der Waals surface area contributed by atoms with Crippen molar-refractivity contribution in [1.29, 1.82) is 0 Å². The summed E-state index contributed by atoms with van der Waals surface area (Å²) in [6.45, 7) is 7.67. The highest BCUT2D eigenvalue weighted by Gasteiger charge is 2.55. The Morgan fingerprint density at radius 1 is 0.463 bits per heavy atom. The van der Waals surface area contributed by atoms with Crippen molar-refractivity contribution >= 4 is 76.1 Å². The quantitative estimate of drug-likeness (QED) is 0.0516. The summed E-state index contributed by atoms with van der Waals surface area (Å²) in [7, 11) is -24.2. The van der Waals surface area contributed by atoms with Gasteiger partial charge in [-0.2, -0.15) is 46.9 Å². The fourth-order valence-electron chi connectivity index (χ4n) is 12.0. The lowest BCUT2D eigenvalue weighted by atomic mass is 9.98. The van der Waals surface area contributed by atoms with Gasteiger partial charge in [0.1, 0.15) is 24.1 Å². The number of halogens is 8. The minimum absolute atomic E-state index is 0.0223. The number of aliphatic hydroxyl groups is 4. The Bertz CT molecular complexity index is 2890. The molecular formula is C57H82F8O25S5-4. The van der Waals surface area contributed by atoms with E-state index in [1.54, 1.807) is 11.8 Å². The third kappa shape index (κ3) is 25.2. The Morgan fingerprint density at radius 2 is 0.821 bits per heavy atom. The van der Waals surface area contributed by atoms with Crippen LogP contribution in [0.2, 0.25) is 0 Å². The van der Waals surface area contributed by atoms with Gasteiger partial charge in [0.15, 0.2) is 40.5 Å². The van der Waals surface area contributed by atoms with Crippen LogP contribution in [-0.2, 0) is 78.6 Å². The molecule has 0 spiro atoms. The predicted octanol–water partition coefficient (Wildman–Crippen LogP) is 7.52. The number of fused-ring (bicyclic) bond motifs is 6. The number of hydrogen-bond donors (Lipinski definition) is 4. The maximum absolute atomic E-state index is 12.8. The molecule has 4 saturated heterocycles. The van der Waals surface area contributed by atoms with Crippen LogP contribution >= 0.6 is 11.8 Å². The summed E-state index contributed by atoms with van der Waals surface area (Å²) >= 11 is 1.55. The van der Waals surface area contributed by atoms with E-state index in [1.807, 2.05) is 27.7 Å². The molecule has 38 heteroatoms. The van der Waals surface area contributed by atoms with Crippen LogP contribution in [0.15, 0.2) is 30.3 Å². The highest BCUT2D eigenvalue weighted by atomic mass is 32.2. The Morgan fingerprint density at radius 3 is 1.08 bits per heavy atom. The lowest BCUT2D eigenvalue weighted by Gasteiger charge is -2.25. The Kier molecular flexibility index (Phi) is 29.3. The molecule has 10 aliphatic rings. The van der Waals surface area contributed by atoms with Crippen molar-refractivity contribution in [1.82, 2.24) is 0 Å². The van der Waals surface area contributed by atoms with E-state index in [-0.39, 0.29) is 57.1 Å². The van der Waals surface area contributed by atoms with Gasteiger partial charge in [-0.3, -0.25) is 0 Å². The minimum atomic E-state index is -6.08. The molecule has 95 heavy (non-hydrogen) atoms. The highest BCUT2D eigenvalue weighted by molar-refractivity contribution is 8.01. The molecule has 10 fully saturated rings. The van der Waals surface area contributed by atoms with Gasteiger partial charge in [0, 0.05) is 16.9 Å². The summed E-state index contributed by atoms with van der Waals surface area (Å²) in [5, 5.41) is 16.9. The average Bonchev–Trinajstić information content (AvgIpc) is 1.78. The number of rotatable bonds is 12. The van der Waals surface area contributed by atoms with Crippen LogP contribution in [0.4, 0.5) is 35.1 Å². The molecule has 6 aliphatic carbocycles. The summed E-state index contributed by atoms with van der Waals surface area (Å²) in [6, 6.07) is 6.61. The van der Waals surface area contributed by atoms with Crippen LogP contribution < -0.4 is 4.74 Å². The molecule has 6 bridgehead atoms. The molecule has 1 aromatic carbocycles. The topological polar surface area (TPSA) is 424 Å². The lowest BCUT2D eigenvalue weighted by molar-refractivity contribution is -0.170. The van der Waals surface area contributed by atoms with E-state index in [1.165, 1.54) is 69.6 Å². The monoisotopic (exact) mass is 1480 g/mol. The van der Waals surface area contributed by atoms with Crippen molar-refractivity contribution in [3.63, 3.8) is 0 Å². The summed E-state index contributed by atoms with van der Waals surface area (Å²) in [5.41, 5.74) is -1.22. The van der Waals surface area contributed by atoms with Gasteiger partial charge in [-0.05, 0) is 161 Å². The minimum Gasteiger partial charge on any atom is -0.743 e. The molecule has 25 nitrogen and oxygen atoms in total. The number of carbonyl (C=O) groups is 4. The molecule has 4 heterocycles. The maximum atomic E-state index is 12.8. The average molecular weight is 1480 g/mol.